The third-order valence-corrected chi connectivity index (χ3v) is 6.51. The first kappa shape index (κ1) is 14.4. The Morgan fingerprint density at radius 2 is 2.15 bits per heavy atom. The van der Waals surface area contributed by atoms with E-state index in [1.807, 2.05) is 7.05 Å². The molecule has 3 rings (SSSR count). The molecule has 0 aromatic carbocycles. The van der Waals surface area contributed by atoms with Gasteiger partial charge in [-0.05, 0) is 25.5 Å². The van der Waals surface area contributed by atoms with Crippen LogP contribution in [0.25, 0.3) is 0 Å². The second-order valence-corrected chi connectivity index (χ2v) is 7.81. The Balaban J connectivity index is 1.84. The molecule has 0 bridgehead atoms. The largest absolute Gasteiger partial charge is 0.352 e. The van der Waals surface area contributed by atoms with Gasteiger partial charge < -0.3 is 4.57 Å². The topological polar surface area (TPSA) is 45.6 Å². The molecular formula is C13H20ClN3O2S. The molecule has 2 saturated heterocycles. The summed E-state index contributed by atoms with van der Waals surface area (Å²) in [5.41, 5.74) is 0.824. The van der Waals surface area contributed by atoms with Gasteiger partial charge in [-0.2, -0.15) is 4.31 Å². The molecule has 1 atom stereocenters. The number of aromatic nitrogens is 1. The van der Waals surface area contributed by atoms with Gasteiger partial charge in [-0.15, -0.1) is 11.6 Å². The van der Waals surface area contributed by atoms with Gasteiger partial charge >= 0.3 is 0 Å². The molecular weight excluding hydrogens is 298 g/mol. The minimum absolute atomic E-state index is 0.322. The molecule has 0 amide bonds. The predicted octanol–water partition coefficient (Wildman–Crippen LogP) is 1.23. The van der Waals surface area contributed by atoms with Gasteiger partial charge in [-0.3, -0.25) is 4.90 Å². The number of aryl methyl sites for hydroxylation is 1. The molecule has 5 nitrogen and oxygen atoms in total. The summed E-state index contributed by atoms with van der Waals surface area (Å²) >= 11 is 5.82. The number of fused-ring (bicyclic) bond motifs is 1. The summed E-state index contributed by atoms with van der Waals surface area (Å²) in [6, 6.07) is 2.08. The molecule has 20 heavy (non-hydrogen) atoms. The number of alkyl halides is 1. The van der Waals surface area contributed by atoms with Crippen molar-refractivity contribution in [2.75, 3.05) is 26.2 Å². The lowest BCUT2D eigenvalue weighted by molar-refractivity contribution is 0.158. The highest BCUT2D eigenvalue weighted by Gasteiger charge is 2.36. The van der Waals surface area contributed by atoms with E-state index in [1.165, 1.54) is 6.42 Å². The summed E-state index contributed by atoms with van der Waals surface area (Å²) in [7, 11) is -1.56. The number of nitrogens with zero attached hydrogens (tertiary/aromatic N) is 3. The van der Waals surface area contributed by atoms with Crippen LogP contribution in [0.3, 0.4) is 0 Å². The summed E-state index contributed by atoms with van der Waals surface area (Å²) in [4.78, 5) is 2.77. The van der Waals surface area contributed by atoms with Crippen LogP contribution in [-0.4, -0.2) is 54.4 Å². The van der Waals surface area contributed by atoms with Crippen molar-refractivity contribution in [2.45, 2.75) is 29.7 Å². The fraction of sp³-hybridized carbons (Fsp3) is 0.692. The third-order valence-electron chi connectivity index (χ3n) is 4.41. The van der Waals surface area contributed by atoms with Crippen LogP contribution in [0.5, 0.6) is 0 Å². The van der Waals surface area contributed by atoms with Crippen LogP contribution < -0.4 is 0 Å². The minimum atomic E-state index is -3.39. The fourth-order valence-corrected chi connectivity index (χ4v) is 5.01. The Morgan fingerprint density at radius 1 is 1.35 bits per heavy atom. The fourth-order valence-electron chi connectivity index (χ4n) is 3.18. The Morgan fingerprint density at radius 3 is 2.85 bits per heavy atom. The zero-order valence-electron chi connectivity index (χ0n) is 11.6. The summed E-state index contributed by atoms with van der Waals surface area (Å²) in [5.74, 6) is 0.322. The molecule has 2 aliphatic rings. The molecule has 0 N–H and O–H groups in total. The van der Waals surface area contributed by atoms with E-state index in [2.05, 4.69) is 4.90 Å². The smallest absolute Gasteiger partial charge is 0.244 e. The first-order valence-corrected chi connectivity index (χ1v) is 8.95. The molecule has 1 unspecified atom stereocenters. The van der Waals surface area contributed by atoms with Crippen LogP contribution in [0.2, 0.25) is 0 Å². The van der Waals surface area contributed by atoms with Crippen molar-refractivity contribution in [2.24, 2.45) is 7.05 Å². The van der Waals surface area contributed by atoms with E-state index in [4.69, 9.17) is 11.6 Å². The molecule has 2 aliphatic heterocycles. The van der Waals surface area contributed by atoms with Crippen LogP contribution in [-0.2, 0) is 23.0 Å². The van der Waals surface area contributed by atoms with Gasteiger partial charge in [-0.1, -0.05) is 0 Å². The summed E-state index contributed by atoms with van der Waals surface area (Å²) < 4.78 is 28.8. The highest BCUT2D eigenvalue weighted by atomic mass is 35.5. The van der Waals surface area contributed by atoms with Crippen molar-refractivity contribution in [3.63, 3.8) is 0 Å². The van der Waals surface area contributed by atoms with Crippen molar-refractivity contribution in [1.29, 1.82) is 0 Å². The van der Waals surface area contributed by atoms with E-state index in [1.54, 1.807) is 21.1 Å². The number of hydrogen-bond donors (Lipinski definition) is 0. The number of hydrogen-bond acceptors (Lipinski definition) is 3. The molecule has 0 radical (unpaired) electrons. The van der Waals surface area contributed by atoms with Crippen LogP contribution >= 0.6 is 11.6 Å². The van der Waals surface area contributed by atoms with Crippen molar-refractivity contribution in [1.82, 2.24) is 13.8 Å². The van der Waals surface area contributed by atoms with Gasteiger partial charge in [0.05, 0.1) is 5.88 Å². The zero-order valence-corrected chi connectivity index (χ0v) is 13.2. The van der Waals surface area contributed by atoms with E-state index in [9.17, 15) is 8.42 Å². The molecule has 112 valence electrons. The minimum Gasteiger partial charge on any atom is -0.352 e. The average Bonchev–Trinajstić information content (AvgIpc) is 3.03. The number of rotatable bonds is 3. The second-order valence-electron chi connectivity index (χ2n) is 5.61. The van der Waals surface area contributed by atoms with Crippen molar-refractivity contribution >= 4 is 21.6 Å². The molecule has 0 aliphatic carbocycles. The van der Waals surface area contributed by atoms with Gasteiger partial charge in [0.2, 0.25) is 10.0 Å². The summed E-state index contributed by atoms with van der Waals surface area (Å²) in [5, 5.41) is 0. The maximum Gasteiger partial charge on any atom is 0.244 e. The third kappa shape index (κ3) is 2.39. The van der Waals surface area contributed by atoms with E-state index in [-0.39, 0.29) is 0 Å². The monoisotopic (exact) mass is 317 g/mol. The van der Waals surface area contributed by atoms with Crippen LogP contribution in [0.15, 0.2) is 17.2 Å². The van der Waals surface area contributed by atoms with Crippen molar-refractivity contribution in [3.8, 4) is 0 Å². The average molecular weight is 318 g/mol. The predicted molar refractivity (Wildman–Crippen MR) is 78.3 cm³/mol. The first-order valence-electron chi connectivity index (χ1n) is 6.98. The lowest BCUT2D eigenvalue weighted by Gasteiger charge is -2.36. The number of sulfonamides is 1. The van der Waals surface area contributed by atoms with Gasteiger partial charge in [0.15, 0.2) is 0 Å². The normalized spacial score (nSPS) is 25.0. The van der Waals surface area contributed by atoms with Gasteiger partial charge in [-0.25, -0.2) is 8.42 Å². The first-order chi connectivity index (χ1) is 9.52. The molecule has 1 aromatic rings. The molecule has 0 spiro atoms. The molecule has 2 fully saturated rings. The molecule has 7 heteroatoms. The quantitative estimate of drug-likeness (QED) is 0.788. The standard InChI is InChI=1S/C13H20ClN3O2S/c1-15-10-13(7-12(15)8-14)20(18,19)17-6-5-16-4-2-3-11(16)9-17/h7,10-11H,2-6,8-9H2,1H3. The Hall–Kier alpha value is -0.560. The van der Waals surface area contributed by atoms with Gasteiger partial charge in [0.1, 0.15) is 4.90 Å². The lowest BCUT2D eigenvalue weighted by atomic mass is 10.2. The molecule has 3 heterocycles. The number of halogens is 1. The SMILES string of the molecule is Cn1cc(S(=O)(=O)N2CCN3CCCC3C2)cc1CCl. The van der Waals surface area contributed by atoms with Gasteiger partial charge in [0.25, 0.3) is 0 Å². The van der Waals surface area contributed by atoms with E-state index in [0.29, 0.717) is 29.9 Å². The highest BCUT2D eigenvalue weighted by molar-refractivity contribution is 7.89. The van der Waals surface area contributed by atoms with E-state index < -0.39 is 10.0 Å². The summed E-state index contributed by atoms with van der Waals surface area (Å²) in [6.07, 6.45) is 3.95. The second kappa shape index (κ2) is 5.33. The van der Waals surface area contributed by atoms with Crippen molar-refractivity contribution in [3.05, 3.63) is 18.0 Å². The van der Waals surface area contributed by atoms with Crippen LogP contribution in [0.4, 0.5) is 0 Å². The number of piperazine rings is 1. The van der Waals surface area contributed by atoms with Gasteiger partial charge in [0, 0.05) is 44.6 Å². The Kier molecular flexibility index (Phi) is 3.83. The highest BCUT2D eigenvalue weighted by Crippen LogP contribution is 2.26. The van der Waals surface area contributed by atoms with E-state index in [0.717, 1.165) is 25.2 Å². The summed E-state index contributed by atoms with van der Waals surface area (Å²) in [6.45, 7) is 3.16. The zero-order chi connectivity index (χ0) is 14.3. The maximum absolute atomic E-state index is 12.7. The van der Waals surface area contributed by atoms with Crippen LogP contribution in [0, 0.1) is 0 Å². The Bertz CT molecular complexity index is 599. The lowest BCUT2D eigenvalue weighted by Crippen LogP contribution is -2.51. The molecule has 1 aromatic heterocycles. The van der Waals surface area contributed by atoms with Crippen LogP contribution in [0.1, 0.15) is 18.5 Å². The maximum atomic E-state index is 12.7. The van der Waals surface area contributed by atoms with E-state index >= 15 is 0 Å². The Labute approximate surface area is 125 Å². The van der Waals surface area contributed by atoms with Crippen molar-refractivity contribution < 1.29 is 8.42 Å². The molecule has 0 saturated carbocycles.